The van der Waals surface area contributed by atoms with Gasteiger partial charge in [-0.25, -0.2) is 0 Å². The first-order valence-electron chi connectivity index (χ1n) is 5.39. The second-order valence-electron chi connectivity index (χ2n) is 4.21. The summed E-state index contributed by atoms with van der Waals surface area (Å²) in [5, 5.41) is 10.2. The van der Waals surface area contributed by atoms with Crippen LogP contribution in [-0.2, 0) is 0 Å². The molecule has 1 N–H and O–H groups in total. The summed E-state index contributed by atoms with van der Waals surface area (Å²) < 4.78 is 5.43. The molecule has 0 saturated heterocycles. The summed E-state index contributed by atoms with van der Waals surface area (Å²) in [4.78, 5) is 0. The lowest BCUT2D eigenvalue weighted by atomic mass is 10.00. The zero-order valence-electron chi connectivity index (χ0n) is 9.82. The van der Waals surface area contributed by atoms with Gasteiger partial charge in [0.15, 0.2) is 0 Å². The van der Waals surface area contributed by atoms with Crippen molar-refractivity contribution in [2.75, 3.05) is 0 Å². The SMILES string of the molecule is Cc1ccc(C(O)c2ccc(C)o2)c(C)c1. The fourth-order valence-electron chi connectivity index (χ4n) is 1.89. The molecule has 0 spiro atoms. The number of aryl methyl sites for hydroxylation is 3. The number of aliphatic hydroxyl groups is 1. The number of aliphatic hydroxyl groups excluding tert-OH is 1. The van der Waals surface area contributed by atoms with E-state index in [9.17, 15) is 5.11 Å². The first kappa shape index (κ1) is 11.0. The second-order valence-corrected chi connectivity index (χ2v) is 4.21. The van der Waals surface area contributed by atoms with Crippen molar-refractivity contribution in [1.82, 2.24) is 0 Å². The average molecular weight is 216 g/mol. The first-order chi connectivity index (χ1) is 7.58. The van der Waals surface area contributed by atoms with Crippen LogP contribution in [0, 0.1) is 20.8 Å². The average Bonchev–Trinajstić information content (AvgIpc) is 2.64. The number of benzene rings is 1. The summed E-state index contributed by atoms with van der Waals surface area (Å²) >= 11 is 0. The number of furan rings is 1. The van der Waals surface area contributed by atoms with Gasteiger partial charge in [0.25, 0.3) is 0 Å². The van der Waals surface area contributed by atoms with Crippen molar-refractivity contribution in [3.05, 3.63) is 58.5 Å². The Morgan fingerprint density at radius 2 is 1.81 bits per heavy atom. The van der Waals surface area contributed by atoms with Crippen LogP contribution in [0.4, 0.5) is 0 Å². The summed E-state index contributed by atoms with van der Waals surface area (Å²) in [6.45, 7) is 5.92. The van der Waals surface area contributed by atoms with Crippen LogP contribution in [0.15, 0.2) is 34.7 Å². The molecule has 0 aliphatic rings. The molecule has 1 atom stereocenters. The van der Waals surface area contributed by atoms with E-state index in [1.54, 1.807) is 0 Å². The van der Waals surface area contributed by atoms with Crippen LogP contribution >= 0.6 is 0 Å². The normalized spacial score (nSPS) is 12.8. The van der Waals surface area contributed by atoms with Crippen LogP contribution in [-0.4, -0.2) is 5.11 Å². The summed E-state index contributed by atoms with van der Waals surface area (Å²) in [6.07, 6.45) is -0.672. The predicted molar refractivity (Wildman–Crippen MR) is 63.4 cm³/mol. The van der Waals surface area contributed by atoms with Crippen molar-refractivity contribution in [3.8, 4) is 0 Å². The maximum atomic E-state index is 10.2. The molecule has 2 nitrogen and oxygen atoms in total. The molecule has 2 aromatic rings. The minimum absolute atomic E-state index is 0.601. The van der Waals surface area contributed by atoms with Crippen LogP contribution in [0.2, 0.25) is 0 Å². The lowest BCUT2D eigenvalue weighted by Crippen LogP contribution is -2.00. The Morgan fingerprint density at radius 1 is 1.06 bits per heavy atom. The van der Waals surface area contributed by atoms with Gasteiger partial charge in [0, 0.05) is 0 Å². The van der Waals surface area contributed by atoms with Gasteiger partial charge >= 0.3 is 0 Å². The van der Waals surface area contributed by atoms with Crippen LogP contribution in [0.1, 0.15) is 34.3 Å². The second kappa shape index (κ2) is 4.14. The van der Waals surface area contributed by atoms with E-state index in [0.717, 1.165) is 16.9 Å². The highest BCUT2D eigenvalue weighted by Gasteiger charge is 2.15. The molecule has 0 aliphatic carbocycles. The largest absolute Gasteiger partial charge is 0.463 e. The molecule has 2 heteroatoms. The van der Waals surface area contributed by atoms with Crippen molar-refractivity contribution in [2.24, 2.45) is 0 Å². The molecule has 0 aliphatic heterocycles. The van der Waals surface area contributed by atoms with Crippen molar-refractivity contribution in [1.29, 1.82) is 0 Å². The summed E-state index contributed by atoms with van der Waals surface area (Å²) in [5.74, 6) is 1.42. The van der Waals surface area contributed by atoms with Crippen molar-refractivity contribution in [3.63, 3.8) is 0 Å². The molecule has 1 unspecified atom stereocenters. The summed E-state index contributed by atoms with van der Waals surface area (Å²) in [5.41, 5.74) is 3.19. The van der Waals surface area contributed by atoms with Crippen molar-refractivity contribution < 1.29 is 9.52 Å². The van der Waals surface area contributed by atoms with Gasteiger partial charge in [-0.1, -0.05) is 23.8 Å². The standard InChI is InChI=1S/C14H16O2/c1-9-4-6-12(10(2)8-9)14(15)13-7-5-11(3)16-13/h4-8,14-15H,1-3H3. The fraction of sp³-hybridized carbons (Fsp3) is 0.286. The molecule has 0 saturated carbocycles. The van der Waals surface area contributed by atoms with E-state index in [2.05, 4.69) is 6.07 Å². The van der Waals surface area contributed by atoms with Crippen molar-refractivity contribution in [2.45, 2.75) is 26.9 Å². The molecule has 1 heterocycles. The van der Waals surface area contributed by atoms with Gasteiger partial charge in [-0.2, -0.15) is 0 Å². The van der Waals surface area contributed by atoms with E-state index in [1.807, 2.05) is 45.0 Å². The summed E-state index contributed by atoms with van der Waals surface area (Å²) in [7, 11) is 0. The highest BCUT2D eigenvalue weighted by molar-refractivity contribution is 5.35. The molecule has 0 bridgehead atoms. The molecule has 0 amide bonds. The molecular weight excluding hydrogens is 200 g/mol. The van der Waals surface area contributed by atoms with E-state index in [1.165, 1.54) is 5.56 Å². The third-order valence-electron chi connectivity index (χ3n) is 2.75. The lowest BCUT2D eigenvalue weighted by molar-refractivity contribution is 0.187. The third kappa shape index (κ3) is 2.02. The molecule has 1 aromatic heterocycles. The van der Waals surface area contributed by atoms with Gasteiger partial charge in [-0.15, -0.1) is 0 Å². The molecule has 16 heavy (non-hydrogen) atoms. The number of rotatable bonds is 2. The van der Waals surface area contributed by atoms with Gasteiger partial charge in [0.1, 0.15) is 17.6 Å². The van der Waals surface area contributed by atoms with E-state index in [-0.39, 0.29) is 0 Å². The lowest BCUT2D eigenvalue weighted by Gasteiger charge is -2.12. The van der Waals surface area contributed by atoms with E-state index >= 15 is 0 Å². The van der Waals surface area contributed by atoms with Crippen LogP contribution < -0.4 is 0 Å². The minimum atomic E-state index is -0.672. The van der Waals surface area contributed by atoms with Gasteiger partial charge in [0.05, 0.1) is 0 Å². The zero-order chi connectivity index (χ0) is 11.7. The van der Waals surface area contributed by atoms with E-state index < -0.39 is 6.10 Å². The Balaban J connectivity index is 2.37. The quantitative estimate of drug-likeness (QED) is 0.835. The Labute approximate surface area is 95.5 Å². The molecule has 0 fully saturated rings. The Hall–Kier alpha value is -1.54. The van der Waals surface area contributed by atoms with E-state index in [4.69, 9.17) is 4.42 Å². The van der Waals surface area contributed by atoms with Crippen molar-refractivity contribution >= 4 is 0 Å². The highest BCUT2D eigenvalue weighted by atomic mass is 16.4. The number of hydrogen-bond acceptors (Lipinski definition) is 2. The molecule has 2 rings (SSSR count). The minimum Gasteiger partial charge on any atom is -0.463 e. The van der Waals surface area contributed by atoms with Crippen LogP contribution in [0.3, 0.4) is 0 Å². The molecule has 1 aromatic carbocycles. The maximum Gasteiger partial charge on any atom is 0.137 e. The maximum absolute atomic E-state index is 10.2. The van der Waals surface area contributed by atoms with Gasteiger partial charge in [-0.05, 0) is 44.0 Å². The number of hydrogen-bond donors (Lipinski definition) is 1. The third-order valence-corrected chi connectivity index (χ3v) is 2.75. The Morgan fingerprint density at radius 3 is 2.38 bits per heavy atom. The van der Waals surface area contributed by atoms with Gasteiger partial charge in [-0.3, -0.25) is 0 Å². The molecular formula is C14H16O2. The Bertz CT molecular complexity index is 497. The summed E-state index contributed by atoms with van der Waals surface area (Å²) in [6, 6.07) is 9.70. The first-order valence-corrected chi connectivity index (χ1v) is 5.39. The molecule has 84 valence electrons. The fourth-order valence-corrected chi connectivity index (χ4v) is 1.89. The highest BCUT2D eigenvalue weighted by Crippen LogP contribution is 2.26. The van der Waals surface area contributed by atoms with Crippen LogP contribution in [0.25, 0.3) is 0 Å². The Kier molecular flexibility index (Phi) is 2.84. The van der Waals surface area contributed by atoms with Crippen LogP contribution in [0.5, 0.6) is 0 Å². The topological polar surface area (TPSA) is 33.4 Å². The molecule has 0 radical (unpaired) electrons. The monoisotopic (exact) mass is 216 g/mol. The smallest absolute Gasteiger partial charge is 0.137 e. The van der Waals surface area contributed by atoms with E-state index in [0.29, 0.717) is 5.76 Å². The van der Waals surface area contributed by atoms with Gasteiger partial charge < -0.3 is 9.52 Å². The zero-order valence-corrected chi connectivity index (χ0v) is 9.82. The van der Waals surface area contributed by atoms with Gasteiger partial charge in [0.2, 0.25) is 0 Å². The predicted octanol–water partition coefficient (Wildman–Crippen LogP) is 3.29.